The van der Waals surface area contributed by atoms with E-state index in [1.807, 2.05) is 29.6 Å². The topological polar surface area (TPSA) is 23.6 Å². The summed E-state index contributed by atoms with van der Waals surface area (Å²) in [5, 5.41) is 3.16. The highest BCUT2D eigenvalue weighted by Gasteiger charge is 2.20. The lowest BCUT2D eigenvalue weighted by molar-refractivity contribution is 0.0966. The van der Waals surface area contributed by atoms with Gasteiger partial charge in [0, 0.05) is 39.1 Å². The van der Waals surface area contributed by atoms with Crippen molar-refractivity contribution in [1.29, 1.82) is 0 Å². The summed E-state index contributed by atoms with van der Waals surface area (Å²) in [5.74, 6) is 0.236. The van der Waals surface area contributed by atoms with Crippen molar-refractivity contribution in [2.24, 2.45) is 0 Å². The molecule has 0 radical (unpaired) electrons. The third-order valence-electron chi connectivity index (χ3n) is 4.10. The van der Waals surface area contributed by atoms with E-state index in [-0.39, 0.29) is 5.78 Å². The minimum absolute atomic E-state index is 0.236. The van der Waals surface area contributed by atoms with Gasteiger partial charge in [-0.3, -0.25) is 9.69 Å². The second-order valence-corrected chi connectivity index (χ2v) is 7.28. The minimum atomic E-state index is 0.236. The Labute approximate surface area is 150 Å². The van der Waals surface area contributed by atoms with Crippen LogP contribution in [0.3, 0.4) is 0 Å². The Kier molecular flexibility index (Phi) is 5.59. The molecule has 6 heteroatoms. The summed E-state index contributed by atoms with van der Waals surface area (Å²) in [7, 11) is 0. The third-order valence-corrected chi connectivity index (χ3v) is 5.82. The number of piperazine rings is 1. The average Bonchev–Trinajstić information content (AvgIpc) is 3.10. The van der Waals surface area contributed by atoms with Gasteiger partial charge in [-0.15, -0.1) is 11.3 Å². The number of Topliss-reactive ketones (excluding diaryl/α,β-unsaturated/α-hetero) is 1. The Morgan fingerprint density at radius 2 is 1.87 bits per heavy atom. The van der Waals surface area contributed by atoms with Crippen molar-refractivity contribution < 1.29 is 4.79 Å². The molecule has 1 aromatic heterocycles. The van der Waals surface area contributed by atoms with Crippen LogP contribution < -0.4 is 4.90 Å². The Morgan fingerprint density at radius 1 is 1.09 bits per heavy atom. The van der Waals surface area contributed by atoms with Gasteiger partial charge in [-0.25, -0.2) is 0 Å². The van der Waals surface area contributed by atoms with Crippen LogP contribution in [0.5, 0.6) is 0 Å². The highest BCUT2D eigenvalue weighted by molar-refractivity contribution is 7.12. The largest absolute Gasteiger partial charge is 0.368 e. The van der Waals surface area contributed by atoms with Crippen molar-refractivity contribution >= 4 is 46.0 Å². The van der Waals surface area contributed by atoms with Crippen molar-refractivity contribution in [3.05, 3.63) is 50.6 Å². The fourth-order valence-corrected chi connectivity index (χ4v) is 3.88. The summed E-state index contributed by atoms with van der Waals surface area (Å²) in [5.41, 5.74) is 0.994. The van der Waals surface area contributed by atoms with E-state index in [4.69, 9.17) is 23.2 Å². The lowest BCUT2D eigenvalue weighted by atomic mass is 10.2. The van der Waals surface area contributed by atoms with Crippen LogP contribution in [0.4, 0.5) is 5.69 Å². The first-order valence-corrected chi connectivity index (χ1v) is 9.27. The Bertz CT molecular complexity index is 667. The molecule has 2 aromatic rings. The summed E-state index contributed by atoms with van der Waals surface area (Å²) in [4.78, 5) is 17.5. The monoisotopic (exact) mass is 368 g/mol. The molecule has 0 atom stereocenters. The molecule has 23 heavy (non-hydrogen) atoms. The maximum absolute atomic E-state index is 12.1. The van der Waals surface area contributed by atoms with Crippen LogP contribution in [0.25, 0.3) is 0 Å². The van der Waals surface area contributed by atoms with E-state index < -0.39 is 0 Å². The van der Waals surface area contributed by atoms with Gasteiger partial charge in [0.2, 0.25) is 0 Å². The summed E-state index contributed by atoms with van der Waals surface area (Å²) in [6, 6.07) is 9.55. The first-order chi connectivity index (χ1) is 11.1. The predicted octanol–water partition coefficient (Wildman–Crippen LogP) is 4.45. The molecule has 0 N–H and O–H groups in total. The van der Waals surface area contributed by atoms with Crippen LogP contribution in [0, 0.1) is 0 Å². The number of carbonyl (C=O) groups is 1. The third kappa shape index (κ3) is 4.07. The van der Waals surface area contributed by atoms with Gasteiger partial charge in [-0.1, -0.05) is 35.3 Å². The van der Waals surface area contributed by atoms with Crippen LogP contribution >= 0.6 is 34.5 Å². The van der Waals surface area contributed by atoms with E-state index in [1.54, 1.807) is 6.07 Å². The average molecular weight is 369 g/mol. The molecule has 122 valence electrons. The zero-order valence-electron chi connectivity index (χ0n) is 12.7. The van der Waals surface area contributed by atoms with Gasteiger partial charge in [-0.05, 0) is 23.6 Å². The summed E-state index contributed by atoms with van der Waals surface area (Å²) in [6.45, 7) is 4.47. The fourth-order valence-electron chi connectivity index (χ4n) is 2.77. The number of halogens is 2. The highest BCUT2D eigenvalue weighted by atomic mass is 35.5. The molecule has 0 amide bonds. The van der Waals surface area contributed by atoms with E-state index in [0.29, 0.717) is 16.5 Å². The molecule has 3 nitrogen and oxygen atoms in total. The summed E-state index contributed by atoms with van der Waals surface area (Å²) >= 11 is 13.9. The number of hydrogen-bond donors (Lipinski definition) is 0. The number of nitrogens with zero attached hydrogens (tertiary/aromatic N) is 2. The van der Waals surface area contributed by atoms with E-state index in [0.717, 1.165) is 43.3 Å². The Hall–Kier alpha value is -1.07. The van der Waals surface area contributed by atoms with Gasteiger partial charge >= 0.3 is 0 Å². The molecular weight excluding hydrogens is 351 g/mol. The van der Waals surface area contributed by atoms with Crippen molar-refractivity contribution in [1.82, 2.24) is 4.90 Å². The predicted molar refractivity (Wildman–Crippen MR) is 98.4 cm³/mol. The van der Waals surface area contributed by atoms with Gasteiger partial charge in [-0.2, -0.15) is 0 Å². The van der Waals surface area contributed by atoms with Crippen LogP contribution in [0.2, 0.25) is 10.0 Å². The van der Waals surface area contributed by atoms with E-state index in [1.165, 1.54) is 11.3 Å². The number of carbonyl (C=O) groups excluding carboxylic acids is 1. The lowest BCUT2D eigenvalue weighted by Gasteiger charge is -2.36. The Balaban J connectivity index is 1.51. The smallest absolute Gasteiger partial charge is 0.174 e. The SMILES string of the molecule is O=C(CCN1CCN(c2cccc(Cl)c2Cl)CC1)c1cccs1. The molecule has 1 saturated heterocycles. The van der Waals surface area contributed by atoms with Gasteiger partial charge in [0.25, 0.3) is 0 Å². The second-order valence-electron chi connectivity index (χ2n) is 5.55. The molecule has 1 fully saturated rings. The molecule has 0 saturated carbocycles. The molecule has 1 aliphatic rings. The summed E-state index contributed by atoms with van der Waals surface area (Å²) < 4.78 is 0. The molecule has 2 heterocycles. The number of benzene rings is 1. The zero-order valence-corrected chi connectivity index (χ0v) is 15.0. The van der Waals surface area contributed by atoms with Crippen molar-refractivity contribution in [3.8, 4) is 0 Å². The Morgan fingerprint density at radius 3 is 2.57 bits per heavy atom. The zero-order chi connectivity index (χ0) is 16.2. The standard InChI is InChI=1S/C17H18Cl2N2OS/c18-13-3-1-4-14(17(13)19)21-10-8-20(9-11-21)7-6-15(22)16-5-2-12-23-16/h1-5,12H,6-11H2. The first-order valence-electron chi connectivity index (χ1n) is 7.63. The van der Waals surface area contributed by atoms with Crippen molar-refractivity contribution in [2.75, 3.05) is 37.6 Å². The number of rotatable bonds is 5. The molecule has 1 aromatic carbocycles. The van der Waals surface area contributed by atoms with Gasteiger partial charge < -0.3 is 4.90 Å². The first kappa shape index (κ1) is 16.8. The quantitative estimate of drug-likeness (QED) is 0.728. The number of anilines is 1. The fraction of sp³-hybridized carbons (Fsp3) is 0.353. The van der Waals surface area contributed by atoms with Crippen LogP contribution in [0.15, 0.2) is 35.7 Å². The molecule has 1 aliphatic heterocycles. The molecule has 0 unspecified atom stereocenters. The molecular formula is C17H18Cl2N2OS. The van der Waals surface area contributed by atoms with Crippen molar-refractivity contribution in [2.45, 2.75) is 6.42 Å². The number of hydrogen-bond acceptors (Lipinski definition) is 4. The number of ketones is 1. The van der Waals surface area contributed by atoms with Gasteiger partial charge in [0.05, 0.1) is 20.6 Å². The van der Waals surface area contributed by atoms with Crippen molar-refractivity contribution in [3.63, 3.8) is 0 Å². The minimum Gasteiger partial charge on any atom is -0.368 e. The lowest BCUT2D eigenvalue weighted by Crippen LogP contribution is -2.47. The number of thiophene rings is 1. The van der Waals surface area contributed by atoms with Crippen LogP contribution in [-0.2, 0) is 0 Å². The maximum Gasteiger partial charge on any atom is 0.174 e. The van der Waals surface area contributed by atoms with Crippen LogP contribution in [-0.4, -0.2) is 43.4 Å². The molecule has 0 spiro atoms. The molecule has 0 bridgehead atoms. The normalized spacial score (nSPS) is 15.8. The van der Waals surface area contributed by atoms with Gasteiger partial charge in [0.1, 0.15) is 0 Å². The maximum atomic E-state index is 12.1. The molecule has 3 rings (SSSR count). The second kappa shape index (κ2) is 7.67. The van der Waals surface area contributed by atoms with Gasteiger partial charge in [0.15, 0.2) is 5.78 Å². The van der Waals surface area contributed by atoms with E-state index in [2.05, 4.69) is 9.80 Å². The highest BCUT2D eigenvalue weighted by Crippen LogP contribution is 2.32. The van der Waals surface area contributed by atoms with E-state index in [9.17, 15) is 4.79 Å². The van der Waals surface area contributed by atoms with Crippen LogP contribution in [0.1, 0.15) is 16.1 Å². The summed E-state index contributed by atoms with van der Waals surface area (Å²) in [6.07, 6.45) is 0.582. The molecule has 0 aliphatic carbocycles. The van der Waals surface area contributed by atoms with E-state index >= 15 is 0 Å².